The Kier molecular flexibility index (Phi) is 2.45. The maximum Gasteiger partial charge on any atom is 0.152 e. The molecule has 15 heavy (non-hydrogen) atoms. The molecule has 5 nitrogen and oxygen atoms in total. The van der Waals surface area contributed by atoms with E-state index in [0.29, 0.717) is 17.0 Å². The molecule has 2 aromatic rings. The minimum Gasteiger partial charge on any atom is -0.497 e. The van der Waals surface area contributed by atoms with Gasteiger partial charge in [-0.1, -0.05) is 0 Å². The summed E-state index contributed by atoms with van der Waals surface area (Å²) in [5.41, 5.74) is 1.13. The average molecular weight is 203 g/mol. The van der Waals surface area contributed by atoms with Gasteiger partial charge in [0.15, 0.2) is 6.29 Å². The molecule has 0 N–H and O–H groups in total. The van der Waals surface area contributed by atoms with Crippen molar-refractivity contribution in [2.45, 2.75) is 0 Å². The molecule has 5 heteroatoms. The van der Waals surface area contributed by atoms with Crippen molar-refractivity contribution in [1.29, 1.82) is 0 Å². The van der Waals surface area contributed by atoms with E-state index >= 15 is 0 Å². The van der Waals surface area contributed by atoms with Crippen LogP contribution in [0.1, 0.15) is 10.4 Å². The van der Waals surface area contributed by atoms with Gasteiger partial charge in [-0.3, -0.25) is 4.79 Å². The Balaban J connectivity index is 2.52. The third kappa shape index (κ3) is 1.71. The molecule has 1 heterocycles. The number of benzene rings is 1. The summed E-state index contributed by atoms with van der Waals surface area (Å²) >= 11 is 0. The summed E-state index contributed by atoms with van der Waals surface area (Å²) in [5.74, 6) is 0.632. The molecule has 0 aliphatic carbocycles. The molecule has 0 bridgehead atoms. The maximum absolute atomic E-state index is 10.9. The number of carbonyl (C=O) groups excluding carboxylic acids is 1. The lowest BCUT2D eigenvalue weighted by molar-refractivity contribution is 0.112. The van der Waals surface area contributed by atoms with Gasteiger partial charge in [-0.05, 0) is 18.2 Å². The number of aldehydes is 1. The molecule has 0 saturated heterocycles. The van der Waals surface area contributed by atoms with Gasteiger partial charge >= 0.3 is 0 Å². The van der Waals surface area contributed by atoms with Gasteiger partial charge in [0.2, 0.25) is 0 Å². The minimum absolute atomic E-state index is 0.491. The van der Waals surface area contributed by atoms with Crippen LogP contribution in [-0.2, 0) is 0 Å². The normalized spacial score (nSPS) is 9.93. The number of ether oxygens (including phenoxy) is 1. The molecule has 2 rings (SSSR count). The van der Waals surface area contributed by atoms with Crippen LogP contribution in [-0.4, -0.2) is 28.4 Å². The van der Waals surface area contributed by atoms with Crippen LogP contribution in [0, 0.1) is 0 Å². The summed E-state index contributed by atoms with van der Waals surface area (Å²) in [5, 5.41) is 7.91. The fourth-order valence-corrected chi connectivity index (χ4v) is 1.28. The second kappa shape index (κ2) is 3.91. The van der Waals surface area contributed by atoms with Crippen molar-refractivity contribution in [3.63, 3.8) is 0 Å². The lowest BCUT2D eigenvalue weighted by Gasteiger charge is -2.05. The summed E-state index contributed by atoms with van der Waals surface area (Å²) in [4.78, 5) is 12.3. The number of carbonyl (C=O) groups is 1. The number of hydrogen-bond acceptors (Lipinski definition) is 4. The van der Waals surface area contributed by atoms with Crippen LogP contribution in [0.25, 0.3) is 5.69 Å². The topological polar surface area (TPSA) is 57.0 Å². The monoisotopic (exact) mass is 203 g/mol. The zero-order valence-corrected chi connectivity index (χ0v) is 8.12. The number of hydrogen-bond donors (Lipinski definition) is 0. The molecular formula is C10H9N3O2. The maximum atomic E-state index is 10.9. The molecule has 0 unspecified atom stereocenters. The fraction of sp³-hybridized carbons (Fsp3) is 0.100. The highest BCUT2D eigenvalue weighted by atomic mass is 16.5. The van der Waals surface area contributed by atoms with E-state index in [9.17, 15) is 4.79 Å². The zero-order valence-electron chi connectivity index (χ0n) is 8.12. The lowest BCUT2D eigenvalue weighted by Crippen LogP contribution is -2.02. The summed E-state index contributed by atoms with van der Waals surface area (Å²) in [6.07, 6.45) is 3.86. The molecule has 0 spiro atoms. The lowest BCUT2D eigenvalue weighted by atomic mass is 10.2. The van der Waals surface area contributed by atoms with Crippen molar-refractivity contribution < 1.29 is 9.53 Å². The van der Waals surface area contributed by atoms with E-state index in [1.165, 1.54) is 4.80 Å². The van der Waals surface area contributed by atoms with Crippen molar-refractivity contribution in [1.82, 2.24) is 15.0 Å². The van der Waals surface area contributed by atoms with Crippen LogP contribution >= 0.6 is 0 Å². The summed E-state index contributed by atoms with van der Waals surface area (Å²) in [7, 11) is 1.55. The van der Waals surface area contributed by atoms with Gasteiger partial charge in [0.05, 0.1) is 25.2 Å². The molecule has 1 aromatic heterocycles. The SMILES string of the molecule is COc1ccc(-n2nccn2)c(C=O)c1. The van der Waals surface area contributed by atoms with Gasteiger partial charge < -0.3 is 4.74 Å². The smallest absolute Gasteiger partial charge is 0.152 e. The highest BCUT2D eigenvalue weighted by Gasteiger charge is 2.06. The zero-order chi connectivity index (χ0) is 10.7. The minimum atomic E-state index is 0.491. The van der Waals surface area contributed by atoms with Crippen molar-refractivity contribution >= 4 is 6.29 Å². The largest absolute Gasteiger partial charge is 0.497 e. The third-order valence-electron chi connectivity index (χ3n) is 2.00. The predicted octanol–water partition coefficient (Wildman–Crippen LogP) is 1.09. The molecule has 0 aliphatic rings. The van der Waals surface area contributed by atoms with Crippen molar-refractivity contribution in [2.24, 2.45) is 0 Å². The highest BCUT2D eigenvalue weighted by Crippen LogP contribution is 2.18. The Morgan fingerprint density at radius 2 is 2.07 bits per heavy atom. The van der Waals surface area contributed by atoms with Gasteiger partial charge in [0, 0.05) is 5.56 Å². The van der Waals surface area contributed by atoms with Crippen LogP contribution in [0.2, 0.25) is 0 Å². The summed E-state index contributed by atoms with van der Waals surface area (Å²) in [6, 6.07) is 5.14. The first kappa shape index (κ1) is 9.39. The summed E-state index contributed by atoms with van der Waals surface area (Å²) in [6.45, 7) is 0. The first-order chi connectivity index (χ1) is 7.35. The number of aromatic nitrogens is 3. The van der Waals surface area contributed by atoms with Gasteiger partial charge in [0.1, 0.15) is 5.75 Å². The first-order valence-electron chi connectivity index (χ1n) is 4.35. The Morgan fingerprint density at radius 3 is 2.67 bits per heavy atom. The van der Waals surface area contributed by atoms with Gasteiger partial charge in [-0.25, -0.2) is 0 Å². The molecule has 0 amide bonds. The van der Waals surface area contributed by atoms with E-state index in [-0.39, 0.29) is 0 Å². The molecule has 0 fully saturated rings. The molecule has 1 aromatic carbocycles. The van der Waals surface area contributed by atoms with Crippen LogP contribution < -0.4 is 4.74 Å². The first-order valence-corrected chi connectivity index (χ1v) is 4.35. The van der Waals surface area contributed by atoms with E-state index < -0.39 is 0 Å². The van der Waals surface area contributed by atoms with Crippen LogP contribution in [0.4, 0.5) is 0 Å². The van der Waals surface area contributed by atoms with Crippen molar-refractivity contribution in [3.05, 3.63) is 36.2 Å². The van der Waals surface area contributed by atoms with Crippen LogP contribution in [0.15, 0.2) is 30.6 Å². The van der Waals surface area contributed by atoms with E-state index in [0.717, 1.165) is 6.29 Å². The second-order valence-electron chi connectivity index (χ2n) is 2.86. The standard InChI is InChI=1S/C10H9N3O2/c1-15-9-2-3-10(8(6-9)7-14)13-11-4-5-12-13/h2-7H,1H3. The summed E-state index contributed by atoms with van der Waals surface area (Å²) < 4.78 is 5.02. The van der Waals surface area contributed by atoms with E-state index in [2.05, 4.69) is 10.2 Å². The molecule has 0 saturated carbocycles. The molecule has 0 aliphatic heterocycles. The van der Waals surface area contributed by atoms with E-state index in [1.54, 1.807) is 37.7 Å². The van der Waals surface area contributed by atoms with Gasteiger partial charge in [-0.2, -0.15) is 15.0 Å². The number of nitrogens with zero attached hydrogens (tertiary/aromatic N) is 3. The van der Waals surface area contributed by atoms with Crippen molar-refractivity contribution in [3.8, 4) is 11.4 Å². The second-order valence-corrected chi connectivity index (χ2v) is 2.86. The predicted molar refractivity (Wildman–Crippen MR) is 53.3 cm³/mol. The van der Waals surface area contributed by atoms with Gasteiger partial charge in [0.25, 0.3) is 0 Å². The van der Waals surface area contributed by atoms with Gasteiger partial charge in [-0.15, -0.1) is 0 Å². The van der Waals surface area contributed by atoms with Crippen LogP contribution in [0.5, 0.6) is 5.75 Å². The molecular weight excluding hydrogens is 194 g/mol. The Bertz CT molecular complexity index is 466. The fourth-order valence-electron chi connectivity index (χ4n) is 1.28. The van der Waals surface area contributed by atoms with Crippen molar-refractivity contribution in [2.75, 3.05) is 7.11 Å². The highest BCUT2D eigenvalue weighted by molar-refractivity contribution is 5.81. The Hall–Kier alpha value is -2.17. The number of methoxy groups -OCH3 is 1. The quantitative estimate of drug-likeness (QED) is 0.700. The third-order valence-corrected chi connectivity index (χ3v) is 2.00. The number of rotatable bonds is 3. The van der Waals surface area contributed by atoms with Crippen LogP contribution in [0.3, 0.4) is 0 Å². The molecule has 0 atom stereocenters. The molecule has 0 radical (unpaired) electrons. The van der Waals surface area contributed by atoms with E-state index in [1.807, 2.05) is 0 Å². The van der Waals surface area contributed by atoms with E-state index in [4.69, 9.17) is 4.74 Å². The average Bonchev–Trinajstić information content (AvgIpc) is 2.81. The Labute approximate surface area is 86.3 Å². The molecule has 76 valence electrons. The Morgan fingerprint density at radius 1 is 1.33 bits per heavy atom.